The number of hydrogen-bond acceptors (Lipinski definition) is 5. The number of aliphatic hydroxyl groups is 2. The normalized spacial score (nSPS) is 50.5. The number of carbonyl (C=O) groups excluding carboxylic acids is 3. The van der Waals surface area contributed by atoms with Gasteiger partial charge >= 0.3 is 0 Å². The van der Waals surface area contributed by atoms with Crippen LogP contribution in [0, 0.1) is 28.6 Å². The summed E-state index contributed by atoms with van der Waals surface area (Å²) in [5.74, 6) is -2.97. The van der Waals surface area contributed by atoms with Crippen LogP contribution in [0.3, 0.4) is 0 Å². The van der Waals surface area contributed by atoms with E-state index in [2.05, 4.69) is 0 Å². The largest absolute Gasteiger partial charge is 0.388 e. The van der Waals surface area contributed by atoms with Crippen LogP contribution in [0.5, 0.6) is 0 Å². The molecule has 7 atom stereocenters. The van der Waals surface area contributed by atoms with Gasteiger partial charge in [0.15, 0.2) is 5.78 Å². The number of ketones is 3. The second kappa shape index (κ2) is 5.82. The summed E-state index contributed by atoms with van der Waals surface area (Å²) in [5, 5.41) is 20.5. The molecule has 3 fully saturated rings. The van der Waals surface area contributed by atoms with E-state index in [4.69, 9.17) is 0 Å². The summed E-state index contributed by atoms with van der Waals surface area (Å²) in [5.41, 5.74) is -4.39. The average Bonchev–Trinajstić information content (AvgIpc) is 2.94. The van der Waals surface area contributed by atoms with Crippen LogP contribution >= 0.6 is 0 Å². The summed E-state index contributed by atoms with van der Waals surface area (Å²) >= 11 is 0. The molecule has 4 aliphatic carbocycles. The predicted molar refractivity (Wildman–Crippen MR) is 99.0 cm³/mol. The zero-order valence-electron chi connectivity index (χ0n) is 16.8. The topological polar surface area (TPSA) is 91.7 Å². The van der Waals surface area contributed by atoms with E-state index in [0.29, 0.717) is 25.7 Å². The molecule has 0 aromatic rings. The molecular formula is C22H29FO5. The van der Waals surface area contributed by atoms with E-state index < -0.39 is 57.9 Å². The molecule has 0 aromatic carbocycles. The van der Waals surface area contributed by atoms with E-state index in [1.54, 1.807) is 13.8 Å². The molecule has 0 heterocycles. The Bertz CT molecular complexity index is 805. The maximum atomic E-state index is 16.9. The monoisotopic (exact) mass is 392 g/mol. The Morgan fingerprint density at radius 3 is 2.50 bits per heavy atom. The first-order chi connectivity index (χ1) is 13.0. The Kier molecular flexibility index (Phi) is 4.13. The Balaban J connectivity index is 1.79. The van der Waals surface area contributed by atoms with E-state index in [9.17, 15) is 24.6 Å². The molecule has 0 aromatic heterocycles. The molecule has 0 saturated heterocycles. The van der Waals surface area contributed by atoms with Crippen molar-refractivity contribution in [2.24, 2.45) is 28.6 Å². The Morgan fingerprint density at radius 1 is 1.18 bits per heavy atom. The lowest BCUT2D eigenvalue weighted by atomic mass is 9.43. The highest BCUT2D eigenvalue weighted by molar-refractivity contribution is 6.43. The van der Waals surface area contributed by atoms with Crippen molar-refractivity contribution in [3.8, 4) is 0 Å². The lowest BCUT2D eigenvalue weighted by Crippen LogP contribution is -2.66. The smallest absolute Gasteiger partial charge is 0.221 e. The lowest BCUT2D eigenvalue weighted by molar-refractivity contribution is -0.190. The number of rotatable bonds is 2. The van der Waals surface area contributed by atoms with Crippen LogP contribution in [0.25, 0.3) is 0 Å². The number of halogens is 1. The van der Waals surface area contributed by atoms with Crippen LogP contribution in [-0.4, -0.2) is 45.4 Å². The highest BCUT2D eigenvalue weighted by Crippen LogP contribution is 2.70. The molecule has 4 aliphatic rings. The maximum absolute atomic E-state index is 16.9. The molecule has 0 amide bonds. The fourth-order valence-electron chi connectivity index (χ4n) is 7.32. The van der Waals surface area contributed by atoms with E-state index in [1.807, 2.05) is 6.92 Å². The molecule has 1 unspecified atom stereocenters. The molecule has 5 nitrogen and oxygen atoms in total. The van der Waals surface area contributed by atoms with Gasteiger partial charge in [0.05, 0.1) is 0 Å². The van der Waals surface area contributed by atoms with E-state index in [0.717, 1.165) is 5.57 Å². The summed E-state index contributed by atoms with van der Waals surface area (Å²) in [4.78, 5) is 36.9. The van der Waals surface area contributed by atoms with Gasteiger partial charge in [0, 0.05) is 16.7 Å². The highest BCUT2D eigenvalue weighted by Gasteiger charge is 2.72. The molecule has 6 heteroatoms. The third kappa shape index (κ3) is 2.01. The zero-order chi connectivity index (χ0) is 20.7. The van der Waals surface area contributed by atoms with Crippen molar-refractivity contribution in [2.75, 3.05) is 6.61 Å². The fourth-order valence-corrected chi connectivity index (χ4v) is 7.32. The van der Waals surface area contributed by atoms with Gasteiger partial charge in [-0.3, -0.25) is 14.4 Å². The number of alkyl halides is 1. The molecule has 3 saturated carbocycles. The first kappa shape index (κ1) is 19.9. The fraction of sp³-hybridized carbons (Fsp3) is 0.773. The summed E-state index contributed by atoms with van der Waals surface area (Å²) in [6.45, 7) is 4.57. The van der Waals surface area contributed by atoms with Gasteiger partial charge in [-0.2, -0.15) is 0 Å². The summed E-state index contributed by atoms with van der Waals surface area (Å²) in [7, 11) is 0. The minimum Gasteiger partial charge on any atom is -0.388 e. The van der Waals surface area contributed by atoms with Crippen LogP contribution < -0.4 is 0 Å². The van der Waals surface area contributed by atoms with E-state index >= 15 is 4.39 Å². The molecule has 154 valence electrons. The van der Waals surface area contributed by atoms with Crippen molar-refractivity contribution in [3.63, 3.8) is 0 Å². The molecule has 0 aliphatic heterocycles. The minimum atomic E-state index is -1.66. The van der Waals surface area contributed by atoms with Gasteiger partial charge in [0.2, 0.25) is 11.6 Å². The van der Waals surface area contributed by atoms with Crippen molar-refractivity contribution in [3.05, 3.63) is 11.6 Å². The number of Topliss-reactive ketones (excluding diaryl/α,β-unsaturated/α-hetero) is 2. The molecule has 4 rings (SSSR count). The number of fused-ring (bicyclic) bond motifs is 5. The SMILES string of the molecule is CC1C(=O)C(=O)C=C2CC[C@H]3[C@@H]4CC[C@](O)(C(=O)CO)[C@@]4(C)CC[C@]3(F)[C@]21C. The quantitative estimate of drug-likeness (QED) is 0.704. The number of allylic oxidation sites excluding steroid dienone is 1. The summed E-state index contributed by atoms with van der Waals surface area (Å²) < 4.78 is 16.9. The second-order valence-electron chi connectivity index (χ2n) is 9.83. The first-order valence-electron chi connectivity index (χ1n) is 10.3. The molecule has 28 heavy (non-hydrogen) atoms. The van der Waals surface area contributed by atoms with Gasteiger partial charge in [-0.1, -0.05) is 26.3 Å². The van der Waals surface area contributed by atoms with Crippen LogP contribution in [0.15, 0.2) is 11.6 Å². The lowest BCUT2D eigenvalue weighted by Gasteiger charge is -2.63. The van der Waals surface area contributed by atoms with Crippen LogP contribution in [0.1, 0.15) is 59.3 Å². The third-order valence-electron chi connectivity index (χ3n) is 9.33. The average molecular weight is 392 g/mol. The van der Waals surface area contributed by atoms with Crippen LogP contribution in [0.2, 0.25) is 0 Å². The predicted octanol–water partition coefficient (Wildman–Crippen LogP) is 2.33. The zero-order valence-corrected chi connectivity index (χ0v) is 16.8. The highest BCUT2D eigenvalue weighted by atomic mass is 19.1. The van der Waals surface area contributed by atoms with Crippen molar-refractivity contribution in [1.29, 1.82) is 0 Å². The van der Waals surface area contributed by atoms with Gasteiger partial charge in [-0.25, -0.2) is 4.39 Å². The Labute approximate surface area is 164 Å². The van der Waals surface area contributed by atoms with Gasteiger partial charge in [-0.15, -0.1) is 0 Å². The van der Waals surface area contributed by atoms with Crippen molar-refractivity contribution >= 4 is 17.3 Å². The third-order valence-corrected chi connectivity index (χ3v) is 9.33. The summed E-state index contributed by atoms with van der Waals surface area (Å²) in [6, 6.07) is 0. The van der Waals surface area contributed by atoms with E-state index in [1.165, 1.54) is 6.08 Å². The van der Waals surface area contributed by atoms with Crippen LogP contribution in [-0.2, 0) is 14.4 Å². The van der Waals surface area contributed by atoms with Gasteiger partial charge < -0.3 is 10.2 Å². The summed E-state index contributed by atoms with van der Waals surface area (Å²) in [6.07, 6.45) is 3.63. The number of aliphatic hydroxyl groups excluding tert-OH is 1. The van der Waals surface area contributed by atoms with Crippen LogP contribution in [0.4, 0.5) is 4.39 Å². The van der Waals surface area contributed by atoms with Gasteiger partial charge in [-0.05, 0) is 56.4 Å². The first-order valence-corrected chi connectivity index (χ1v) is 10.3. The van der Waals surface area contributed by atoms with Gasteiger partial charge in [0.1, 0.15) is 17.9 Å². The number of hydrogen-bond donors (Lipinski definition) is 2. The van der Waals surface area contributed by atoms with E-state index in [-0.39, 0.29) is 18.8 Å². The Morgan fingerprint density at radius 2 is 1.86 bits per heavy atom. The van der Waals surface area contributed by atoms with Crippen molar-refractivity contribution < 1.29 is 29.0 Å². The van der Waals surface area contributed by atoms with Crippen molar-refractivity contribution in [2.45, 2.75) is 70.6 Å². The van der Waals surface area contributed by atoms with Gasteiger partial charge in [0.25, 0.3) is 0 Å². The molecule has 0 spiro atoms. The Hall–Kier alpha value is -1.40. The maximum Gasteiger partial charge on any atom is 0.221 e. The minimum absolute atomic E-state index is 0.130. The molecule has 0 radical (unpaired) electrons. The standard InChI is InChI=1S/C22H29FO5/c1-12-18(27)16(25)10-13-4-5-15-14-6-7-22(28,17(26)11-24)19(14,2)8-9-21(15,23)20(12,13)3/h10,12,14-15,24,28H,4-9,11H2,1-3H3/t12?,14-,15-,19-,20-,21+,22-/m0/s1. The number of carbonyl (C=O) groups is 3. The second-order valence-corrected chi connectivity index (χ2v) is 9.83. The molecular weight excluding hydrogens is 363 g/mol. The molecule has 0 bridgehead atoms. The molecule has 2 N–H and O–H groups in total. The van der Waals surface area contributed by atoms with Crippen molar-refractivity contribution in [1.82, 2.24) is 0 Å².